The van der Waals surface area contributed by atoms with E-state index in [-0.39, 0.29) is 0 Å². The fraction of sp³-hybridized carbons (Fsp3) is 1.00. The normalized spacial score (nSPS) is 31.2. The Morgan fingerprint density at radius 2 is 2.30 bits per heavy atom. The largest absolute Gasteiger partial charge is 0.377 e. The molecule has 0 amide bonds. The van der Waals surface area contributed by atoms with E-state index >= 15 is 0 Å². The molecule has 0 aromatic rings. The Morgan fingerprint density at radius 1 is 1.60 bits per heavy atom. The lowest BCUT2D eigenvalue weighted by molar-refractivity contribution is 0.124. The summed E-state index contributed by atoms with van der Waals surface area (Å²) in [7, 11) is 0. The summed E-state index contributed by atoms with van der Waals surface area (Å²) in [5.41, 5.74) is 0. The second kappa shape index (κ2) is 3.35. The van der Waals surface area contributed by atoms with Gasteiger partial charge in [0, 0.05) is 18.7 Å². The van der Waals surface area contributed by atoms with Crippen molar-refractivity contribution in [2.24, 2.45) is 0 Å². The Balaban J connectivity index is 2.02. The maximum absolute atomic E-state index is 5.40. The van der Waals surface area contributed by atoms with Gasteiger partial charge in [0.25, 0.3) is 0 Å². The molecule has 1 fully saturated rings. The van der Waals surface area contributed by atoms with E-state index in [9.17, 15) is 0 Å². The SMILES string of the molecule is CCOC1CC1NC(C)C. The van der Waals surface area contributed by atoms with Gasteiger partial charge in [-0.1, -0.05) is 13.8 Å². The zero-order valence-electron chi connectivity index (χ0n) is 7.05. The van der Waals surface area contributed by atoms with Gasteiger partial charge < -0.3 is 10.1 Å². The van der Waals surface area contributed by atoms with Crippen LogP contribution in [0.3, 0.4) is 0 Å². The highest BCUT2D eigenvalue weighted by Gasteiger charge is 2.37. The molecule has 1 rings (SSSR count). The molecule has 1 aliphatic carbocycles. The van der Waals surface area contributed by atoms with Gasteiger partial charge in [-0.05, 0) is 13.3 Å². The van der Waals surface area contributed by atoms with Crippen LogP contribution in [0.15, 0.2) is 0 Å². The van der Waals surface area contributed by atoms with E-state index in [1.54, 1.807) is 0 Å². The smallest absolute Gasteiger partial charge is 0.0744 e. The summed E-state index contributed by atoms with van der Waals surface area (Å²) in [6.45, 7) is 7.23. The van der Waals surface area contributed by atoms with Crippen LogP contribution >= 0.6 is 0 Å². The second-order valence-electron chi connectivity index (χ2n) is 3.16. The molecule has 0 bridgehead atoms. The van der Waals surface area contributed by atoms with Crippen LogP contribution in [0.1, 0.15) is 27.2 Å². The van der Waals surface area contributed by atoms with Gasteiger partial charge in [0.05, 0.1) is 6.10 Å². The molecule has 2 nitrogen and oxygen atoms in total. The number of hydrogen-bond acceptors (Lipinski definition) is 2. The van der Waals surface area contributed by atoms with Crippen molar-refractivity contribution in [3.63, 3.8) is 0 Å². The minimum absolute atomic E-state index is 0.507. The van der Waals surface area contributed by atoms with Crippen molar-refractivity contribution in [2.75, 3.05) is 6.61 Å². The molecular weight excluding hydrogens is 126 g/mol. The Kier molecular flexibility index (Phi) is 2.69. The Bertz CT molecular complexity index is 103. The number of rotatable bonds is 4. The first-order chi connectivity index (χ1) is 4.74. The minimum atomic E-state index is 0.507. The van der Waals surface area contributed by atoms with Gasteiger partial charge in [-0.15, -0.1) is 0 Å². The molecule has 0 aliphatic heterocycles. The summed E-state index contributed by atoms with van der Waals surface area (Å²) < 4.78 is 5.40. The van der Waals surface area contributed by atoms with Gasteiger partial charge >= 0.3 is 0 Å². The molecule has 0 aromatic heterocycles. The molecule has 2 heteroatoms. The van der Waals surface area contributed by atoms with Gasteiger partial charge in [0.15, 0.2) is 0 Å². The quantitative estimate of drug-likeness (QED) is 0.637. The van der Waals surface area contributed by atoms with Crippen LogP contribution in [0.4, 0.5) is 0 Å². The molecule has 0 radical (unpaired) electrons. The number of nitrogens with one attached hydrogen (secondary N) is 1. The van der Waals surface area contributed by atoms with Crippen molar-refractivity contribution in [3.05, 3.63) is 0 Å². The summed E-state index contributed by atoms with van der Waals surface area (Å²) in [5.74, 6) is 0. The average molecular weight is 143 g/mol. The second-order valence-corrected chi connectivity index (χ2v) is 3.16. The Morgan fingerprint density at radius 3 is 2.80 bits per heavy atom. The number of hydrogen-bond donors (Lipinski definition) is 1. The lowest BCUT2D eigenvalue weighted by atomic mass is 10.4. The van der Waals surface area contributed by atoms with Gasteiger partial charge in [-0.3, -0.25) is 0 Å². The summed E-state index contributed by atoms with van der Waals surface area (Å²) in [6, 6.07) is 1.23. The lowest BCUT2D eigenvalue weighted by Crippen LogP contribution is -2.27. The molecule has 1 saturated carbocycles. The summed E-state index contributed by atoms with van der Waals surface area (Å²) in [4.78, 5) is 0. The maximum atomic E-state index is 5.40. The lowest BCUT2D eigenvalue weighted by Gasteiger charge is -2.06. The fourth-order valence-corrected chi connectivity index (χ4v) is 1.17. The predicted molar refractivity (Wildman–Crippen MR) is 42.1 cm³/mol. The van der Waals surface area contributed by atoms with Crippen LogP contribution in [-0.2, 0) is 4.74 Å². The van der Waals surface area contributed by atoms with Crippen LogP contribution in [0.2, 0.25) is 0 Å². The van der Waals surface area contributed by atoms with Crippen molar-refractivity contribution < 1.29 is 4.74 Å². The molecule has 2 atom stereocenters. The summed E-state index contributed by atoms with van der Waals surface area (Å²) in [5, 5.41) is 3.43. The zero-order valence-corrected chi connectivity index (χ0v) is 7.05. The Labute approximate surface area is 63.0 Å². The predicted octanol–water partition coefficient (Wildman–Crippen LogP) is 1.16. The highest BCUT2D eigenvalue weighted by atomic mass is 16.5. The molecular formula is C8H17NO. The van der Waals surface area contributed by atoms with Gasteiger partial charge in [-0.2, -0.15) is 0 Å². The van der Waals surface area contributed by atoms with Crippen molar-refractivity contribution >= 4 is 0 Å². The average Bonchev–Trinajstić information content (AvgIpc) is 2.47. The molecule has 0 aromatic carbocycles. The van der Waals surface area contributed by atoms with E-state index in [0.29, 0.717) is 18.2 Å². The maximum Gasteiger partial charge on any atom is 0.0744 e. The summed E-state index contributed by atoms with van der Waals surface area (Å²) >= 11 is 0. The molecule has 0 spiro atoms. The van der Waals surface area contributed by atoms with E-state index in [1.807, 2.05) is 6.92 Å². The minimum Gasteiger partial charge on any atom is -0.377 e. The first-order valence-electron chi connectivity index (χ1n) is 4.11. The van der Waals surface area contributed by atoms with Gasteiger partial charge in [-0.25, -0.2) is 0 Å². The number of ether oxygens (including phenoxy) is 1. The van der Waals surface area contributed by atoms with Crippen LogP contribution < -0.4 is 5.32 Å². The van der Waals surface area contributed by atoms with E-state index in [1.165, 1.54) is 6.42 Å². The van der Waals surface area contributed by atoms with Crippen molar-refractivity contribution in [2.45, 2.75) is 45.4 Å². The molecule has 1 N–H and O–H groups in total. The Hall–Kier alpha value is -0.0800. The monoisotopic (exact) mass is 143 g/mol. The van der Waals surface area contributed by atoms with Crippen molar-refractivity contribution in [3.8, 4) is 0 Å². The molecule has 2 unspecified atom stereocenters. The van der Waals surface area contributed by atoms with E-state index < -0.39 is 0 Å². The summed E-state index contributed by atoms with van der Waals surface area (Å²) in [6.07, 6.45) is 1.71. The van der Waals surface area contributed by atoms with E-state index in [0.717, 1.165) is 6.61 Å². The van der Waals surface area contributed by atoms with E-state index in [4.69, 9.17) is 4.74 Å². The molecule has 0 saturated heterocycles. The highest BCUT2D eigenvalue weighted by molar-refractivity contribution is 4.95. The van der Waals surface area contributed by atoms with Crippen LogP contribution in [-0.4, -0.2) is 24.8 Å². The van der Waals surface area contributed by atoms with Crippen molar-refractivity contribution in [1.29, 1.82) is 0 Å². The first-order valence-corrected chi connectivity index (χ1v) is 4.11. The van der Waals surface area contributed by atoms with Gasteiger partial charge in [0.1, 0.15) is 0 Å². The van der Waals surface area contributed by atoms with Crippen molar-refractivity contribution in [1.82, 2.24) is 5.32 Å². The molecule has 60 valence electrons. The third kappa shape index (κ3) is 2.27. The van der Waals surface area contributed by atoms with Crippen LogP contribution in [0.5, 0.6) is 0 Å². The molecule has 1 aliphatic rings. The highest BCUT2D eigenvalue weighted by Crippen LogP contribution is 2.25. The van der Waals surface area contributed by atoms with Crippen LogP contribution in [0.25, 0.3) is 0 Å². The molecule has 0 heterocycles. The third-order valence-corrected chi connectivity index (χ3v) is 1.66. The fourth-order valence-electron chi connectivity index (χ4n) is 1.17. The van der Waals surface area contributed by atoms with Gasteiger partial charge in [0.2, 0.25) is 0 Å². The van der Waals surface area contributed by atoms with Crippen LogP contribution in [0, 0.1) is 0 Å². The topological polar surface area (TPSA) is 21.3 Å². The zero-order chi connectivity index (χ0) is 7.56. The molecule has 10 heavy (non-hydrogen) atoms. The first kappa shape index (κ1) is 8.02. The standard InChI is InChI=1S/C8H17NO/c1-4-10-8-5-7(8)9-6(2)3/h6-9H,4-5H2,1-3H3. The third-order valence-electron chi connectivity index (χ3n) is 1.66. The van der Waals surface area contributed by atoms with E-state index in [2.05, 4.69) is 19.2 Å².